The van der Waals surface area contributed by atoms with Gasteiger partial charge in [0, 0.05) is 17.0 Å². The van der Waals surface area contributed by atoms with Gasteiger partial charge in [0.15, 0.2) is 0 Å². The fraction of sp³-hybridized carbons (Fsp3) is 0.545. The molecular formula is C22H31N3O3. The van der Waals surface area contributed by atoms with Crippen LogP contribution in [0.3, 0.4) is 0 Å². The van der Waals surface area contributed by atoms with Crippen LogP contribution in [-0.4, -0.2) is 29.8 Å². The van der Waals surface area contributed by atoms with Crippen molar-refractivity contribution in [3.8, 4) is 5.75 Å². The molecule has 1 aromatic carbocycles. The van der Waals surface area contributed by atoms with E-state index in [1.54, 1.807) is 0 Å². The minimum absolute atomic E-state index is 0.163. The minimum atomic E-state index is -0.448. The lowest BCUT2D eigenvalue weighted by Gasteiger charge is -2.28. The van der Waals surface area contributed by atoms with Crippen LogP contribution in [-0.2, 0) is 11.3 Å². The van der Waals surface area contributed by atoms with Gasteiger partial charge in [-0.1, -0.05) is 25.5 Å². The monoisotopic (exact) mass is 385 g/mol. The molecule has 0 atom stereocenters. The van der Waals surface area contributed by atoms with Crippen molar-refractivity contribution in [2.45, 2.75) is 71.1 Å². The van der Waals surface area contributed by atoms with Gasteiger partial charge in [-0.2, -0.15) is 0 Å². The Balaban J connectivity index is 1.67. The summed E-state index contributed by atoms with van der Waals surface area (Å²) in [5.41, 5.74) is 8.14. The SMILES string of the molecule is CCCCOc1c(C)c(CO[C@H]2CC[C@H](NC(N)=O)CC2)nc2ccccc12. The molecule has 152 valence electrons. The van der Waals surface area contributed by atoms with E-state index in [1.165, 1.54) is 0 Å². The Hall–Kier alpha value is -2.34. The van der Waals surface area contributed by atoms with Gasteiger partial charge in [-0.25, -0.2) is 9.78 Å². The van der Waals surface area contributed by atoms with Crippen molar-refractivity contribution in [1.29, 1.82) is 0 Å². The van der Waals surface area contributed by atoms with Crippen LogP contribution in [0.4, 0.5) is 4.79 Å². The Morgan fingerprint density at radius 1 is 1.25 bits per heavy atom. The van der Waals surface area contributed by atoms with Crippen LogP contribution in [0.1, 0.15) is 56.7 Å². The summed E-state index contributed by atoms with van der Waals surface area (Å²) in [5.74, 6) is 0.923. The van der Waals surface area contributed by atoms with Crippen LogP contribution in [0, 0.1) is 6.92 Å². The third kappa shape index (κ3) is 5.13. The van der Waals surface area contributed by atoms with Gasteiger partial charge in [0.25, 0.3) is 0 Å². The smallest absolute Gasteiger partial charge is 0.312 e. The van der Waals surface area contributed by atoms with E-state index in [9.17, 15) is 4.79 Å². The molecule has 1 fully saturated rings. The Labute approximate surface area is 166 Å². The number of primary amides is 1. The molecule has 0 saturated heterocycles. The second-order valence-electron chi connectivity index (χ2n) is 7.53. The number of benzene rings is 1. The number of nitrogens with two attached hydrogens (primary N) is 1. The normalized spacial score (nSPS) is 19.5. The molecule has 1 aromatic heterocycles. The average molecular weight is 386 g/mol. The molecule has 1 aliphatic carbocycles. The number of urea groups is 1. The summed E-state index contributed by atoms with van der Waals surface area (Å²) in [6, 6.07) is 7.82. The Bertz CT molecular complexity index is 801. The van der Waals surface area contributed by atoms with E-state index >= 15 is 0 Å². The van der Waals surface area contributed by atoms with Crippen molar-refractivity contribution in [2.24, 2.45) is 5.73 Å². The van der Waals surface area contributed by atoms with Crippen LogP contribution in [0.2, 0.25) is 0 Å². The highest BCUT2D eigenvalue weighted by Crippen LogP contribution is 2.31. The maximum Gasteiger partial charge on any atom is 0.312 e. The summed E-state index contributed by atoms with van der Waals surface area (Å²) >= 11 is 0. The maximum absolute atomic E-state index is 11.0. The third-order valence-electron chi connectivity index (χ3n) is 5.40. The van der Waals surface area contributed by atoms with Crippen LogP contribution in [0.5, 0.6) is 5.75 Å². The Kier molecular flexibility index (Phi) is 7.09. The highest BCUT2D eigenvalue weighted by Gasteiger charge is 2.23. The zero-order valence-corrected chi connectivity index (χ0v) is 16.9. The standard InChI is InChI=1S/C22H31N3O3/c1-3-4-13-27-21-15(2)20(25-19-8-6-5-7-18(19)21)14-28-17-11-9-16(10-12-17)24-22(23)26/h5-8,16-17H,3-4,9-14H2,1-2H3,(H3,23,24,26)/t16-,17-. The number of fused-ring (bicyclic) bond motifs is 1. The maximum atomic E-state index is 11.0. The number of nitrogens with one attached hydrogen (secondary N) is 1. The number of nitrogens with zero attached hydrogens (tertiary/aromatic N) is 1. The van der Waals surface area contributed by atoms with Crippen LogP contribution in [0.15, 0.2) is 24.3 Å². The highest BCUT2D eigenvalue weighted by molar-refractivity contribution is 5.86. The molecule has 0 bridgehead atoms. The van der Waals surface area contributed by atoms with Crippen molar-refractivity contribution in [1.82, 2.24) is 10.3 Å². The van der Waals surface area contributed by atoms with Gasteiger partial charge < -0.3 is 20.5 Å². The Morgan fingerprint density at radius 3 is 2.71 bits per heavy atom. The number of unbranched alkanes of at least 4 members (excludes halogenated alkanes) is 1. The predicted molar refractivity (Wildman–Crippen MR) is 110 cm³/mol. The first-order chi connectivity index (χ1) is 13.6. The molecule has 0 unspecified atom stereocenters. The van der Waals surface area contributed by atoms with Gasteiger partial charge in [0.1, 0.15) is 5.75 Å². The molecule has 3 N–H and O–H groups in total. The van der Waals surface area contributed by atoms with Crippen molar-refractivity contribution in [3.63, 3.8) is 0 Å². The number of para-hydroxylation sites is 1. The lowest BCUT2D eigenvalue weighted by Crippen LogP contribution is -2.41. The van der Waals surface area contributed by atoms with Gasteiger partial charge in [-0.3, -0.25) is 0 Å². The van der Waals surface area contributed by atoms with E-state index in [2.05, 4.69) is 25.2 Å². The molecule has 28 heavy (non-hydrogen) atoms. The third-order valence-corrected chi connectivity index (χ3v) is 5.40. The van der Waals surface area contributed by atoms with Crippen molar-refractivity contribution >= 4 is 16.9 Å². The molecule has 1 saturated carbocycles. The van der Waals surface area contributed by atoms with Gasteiger partial charge in [0.2, 0.25) is 0 Å². The lowest BCUT2D eigenvalue weighted by molar-refractivity contribution is 0.0104. The topological polar surface area (TPSA) is 86.5 Å². The molecular weight excluding hydrogens is 354 g/mol. The summed E-state index contributed by atoms with van der Waals surface area (Å²) < 4.78 is 12.3. The van der Waals surface area contributed by atoms with Gasteiger partial charge in [-0.05, 0) is 51.2 Å². The van der Waals surface area contributed by atoms with E-state index < -0.39 is 6.03 Å². The lowest BCUT2D eigenvalue weighted by atomic mass is 9.93. The number of rotatable bonds is 8. The summed E-state index contributed by atoms with van der Waals surface area (Å²) in [6.07, 6.45) is 5.93. The number of amides is 2. The van der Waals surface area contributed by atoms with Crippen molar-refractivity contribution in [3.05, 3.63) is 35.5 Å². The van der Waals surface area contributed by atoms with E-state index in [4.69, 9.17) is 20.2 Å². The number of hydrogen-bond acceptors (Lipinski definition) is 4. The molecule has 6 nitrogen and oxygen atoms in total. The number of ether oxygens (including phenoxy) is 2. The Morgan fingerprint density at radius 2 is 2.00 bits per heavy atom. The summed E-state index contributed by atoms with van der Waals surface area (Å²) in [6.45, 7) is 5.41. The highest BCUT2D eigenvalue weighted by atomic mass is 16.5. The second kappa shape index (κ2) is 9.73. The molecule has 3 rings (SSSR count). The van der Waals surface area contributed by atoms with Gasteiger partial charge >= 0.3 is 6.03 Å². The van der Waals surface area contributed by atoms with Crippen molar-refractivity contribution in [2.75, 3.05) is 6.61 Å². The largest absolute Gasteiger partial charge is 0.493 e. The van der Waals surface area contributed by atoms with Crippen molar-refractivity contribution < 1.29 is 14.3 Å². The van der Waals surface area contributed by atoms with E-state index in [-0.39, 0.29) is 12.1 Å². The summed E-state index contributed by atoms with van der Waals surface area (Å²) in [5, 5.41) is 3.85. The van der Waals surface area contributed by atoms with Gasteiger partial charge in [-0.15, -0.1) is 0 Å². The van der Waals surface area contributed by atoms with Crippen LogP contribution >= 0.6 is 0 Å². The number of carbonyl (C=O) groups is 1. The zero-order valence-electron chi connectivity index (χ0n) is 16.9. The summed E-state index contributed by atoms with van der Waals surface area (Å²) in [4.78, 5) is 15.8. The first-order valence-electron chi connectivity index (χ1n) is 10.3. The minimum Gasteiger partial charge on any atom is -0.493 e. The molecule has 2 aromatic rings. The van der Waals surface area contributed by atoms with Crippen LogP contribution in [0.25, 0.3) is 10.9 Å². The predicted octanol–water partition coefficient (Wildman–Crippen LogP) is 4.22. The van der Waals surface area contributed by atoms with E-state index in [0.29, 0.717) is 13.2 Å². The molecule has 0 aliphatic heterocycles. The summed E-state index contributed by atoms with van der Waals surface area (Å²) in [7, 11) is 0. The van der Waals surface area contributed by atoms with Crippen LogP contribution < -0.4 is 15.8 Å². The first kappa shape index (κ1) is 20.4. The molecule has 1 heterocycles. The fourth-order valence-electron chi connectivity index (χ4n) is 3.74. The number of aromatic nitrogens is 1. The molecule has 6 heteroatoms. The molecule has 0 spiro atoms. The zero-order chi connectivity index (χ0) is 19.9. The molecule has 2 amide bonds. The average Bonchev–Trinajstić information content (AvgIpc) is 2.69. The second-order valence-corrected chi connectivity index (χ2v) is 7.53. The van der Waals surface area contributed by atoms with E-state index in [0.717, 1.165) is 66.4 Å². The van der Waals surface area contributed by atoms with E-state index in [1.807, 2.05) is 18.2 Å². The van der Waals surface area contributed by atoms with Gasteiger partial charge in [0.05, 0.1) is 30.5 Å². The molecule has 1 aliphatic rings. The first-order valence-corrected chi connectivity index (χ1v) is 10.3. The number of pyridine rings is 1. The number of hydrogen-bond donors (Lipinski definition) is 2. The molecule has 0 radical (unpaired) electrons. The number of carbonyl (C=O) groups excluding carboxylic acids is 1. The quantitative estimate of drug-likeness (QED) is 0.666. The fourth-order valence-corrected chi connectivity index (χ4v) is 3.74.